The van der Waals surface area contributed by atoms with Gasteiger partial charge in [0.15, 0.2) is 0 Å². The van der Waals surface area contributed by atoms with Crippen LogP contribution in [-0.4, -0.2) is 15.2 Å². The maximum Gasteiger partial charge on any atom is 0.0304 e. The summed E-state index contributed by atoms with van der Waals surface area (Å²) in [4.78, 5) is 1.86. The normalized spacial score (nSPS) is 14.7. The molecule has 0 radical (unpaired) electrons. The van der Waals surface area contributed by atoms with Crippen LogP contribution >= 0.6 is 0 Å². The number of hydrogen-bond acceptors (Lipinski definition) is 1. The first kappa shape index (κ1) is 16.0. The molecule has 0 saturated heterocycles. The first-order valence-corrected chi connectivity index (χ1v) is 9.83. The van der Waals surface area contributed by atoms with E-state index in [0.29, 0.717) is 5.92 Å². The lowest BCUT2D eigenvalue weighted by Gasteiger charge is -2.54. The lowest BCUT2D eigenvalue weighted by Crippen LogP contribution is -2.54. The van der Waals surface area contributed by atoms with Crippen LogP contribution in [0.15, 0.2) is 70.5 Å². The maximum atomic E-state index is 14.7. The smallest absolute Gasteiger partial charge is 0.0304 e. The third-order valence-electron chi connectivity index (χ3n) is 5.28. The van der Waals surface area contributed by atoms with Crippen molar-refractivity contribution in [3.63, 3.8) is 0 Å². The third-order valence-corrected chi connectivity index (χ3v) is 11.1. The van der Waals surface area contributed by atoms with Crippen molar-refractivity contribution in [1.29, 1.82) is 0 Å². The third kappa shape index (κ3) is 2.17. The summed E-state index contributed by atoms with van der Waals surface area (Å²) in [7, 11) is -3.23. The van der Waals surface area contributed by atoms with Crippen LogP contribution in [0.25, 0.3) is 0 Å². The standard InChI is InChI=1S/C19H26OS/c1-16(2)19(3,4)21(5,20,17-12-8-6-9-13-17)18-14-10-7-11-15-18/h6-16H,1-5H3. The summed E-state index contributed by atoms with van der Waals surface area (Å²) in [6, 6.07) is 19.9. The van der Waals surface area contributed by atoms with Crippen molar-refractivity contribution in [2.75, 3.05) is 6.26 Å². The molecule has 2 heteroatoms. The summed E-state index contributed by atoms with van der Waals surface area (Å²) in [5.41, 5.74) is 0. The minimum absolute atomic E-state index is 0.294. The Morgan fingerprint density at radius 1 is 0.810 bits per heavy atom. The molecule has 0 spiro atoms. The van der Waals surface area contributed by atoms with E-state index in [0.717, 1.165) is 9.79 Å². The molecule has 0 aliphatic heterocycles. The van der Waals surface area contributed by atoms with Gasteiger partial charge in [0.05, 0.1) is 0 Å². The molecule has 21 heavy (non-hydrogen) atoms. The average molecular weight is 302 g/mol. The van der Waals surface area contributed by atoms with Gasteiger partial charge in [-0.2, -0.15) is 0 Å². The van der Waals surface area contributed by atoms with Gasteiger partial charge in [0.1, 0.15) is 0 Å². The van der Waals surface area contributed by atoms with Gasteiger partial charge in [-0.05, 0) is 53.1 Å². The second kappa shape index (κ2) is 5.10. The Kier molecular flexibility index (Phi) is 3.88. The second-order valence-electron chi connectivity index (χ2n) is 6.72. The van der Waals surface area contributed by atoms with Crippen molar-refractivity contribution in [2.24, 2.45) is 5.92 Å². The van der Waals surface area contributed by atoms with Crippen molar-refractivity contribution >= 4 is 9.07 Å². The van der Waals surface area contributed by atoms with E-state index in [1.54, 1.807) is 0 Å². The van der Waals surface area contributed by atoms with Crippen molar-refractivity contribution in [2.45, 2.75) is 42.2 Å². The molecular formula is C19H26OS. The molecule has 0 heterocycles. The molecule has 0 aliphatic rings. The zero-order valence-electron chi connectivity index (χ0n) is 13.7. The van der Waals surface area contributed by atoms with Crippen LogP contribution in [0.2, 0.25) is 0 Å². The van der Waals surface area contributed by atoms with Gasteiger partial charge in [0.2, 0.25) is 0 Å². The summed E-state index contributed by atoms with van der Waals surface area (Å²) >= 11 is 0. The molecule has 0 fully saturated rings. The van der Waals surface area contributed by atoms with Crippen LogP contribution in [0, 0.1) is 5.92 Å². The molecule has 1 nitrogen and oxygen atoms in total. The Labute approximate surface area is 128 Å². The molecule has 114 valence electrons. The summed E-state index contributed by atoms with van der Waals surface area (Å²) in [6.07, 6.45) is 1.96. The number of hydrogen-bond donors (Lipinski definition) is 0. The molecule has 0 unspecified atom stereocenters. The average Bonchev–Trinajstić information content (AvgIpc) is 2.49. The van der Waals surface area contributed by atoms with Crippen molar-refractivity contribution < 1.29 is 4.21 Å². The second-order valence-corrected chi connectivity index (χ2v) is 11.4. The summed E-state index contributed by atoms with van der Waals surface area (Å²) < 4.78 is 14.3. The van der Waals surface area contributed by atoms with Gasteiger partial charge < -0.3 is 0 Å². The van der Waals surface area contributed by atoms with Gasteiger partial charge in [0.25, 0.3) is 0 Å². The monoisotopic (exact) mass is 302 g/mol. The fourth-order valence-electron chi connectivity index (χ4n) is 2.81. The van der Waals surface area contributed by atoms with E-state index in [4.69, 9.17) is 0 Å². The van der Waals surface area contributed by atoms with Gasteiger partial charge in [-0.15, -0.1) is 0 Å². The Morgan fingerprint density at radius 3 is 1.43 bits per heavy atom. The van der Waals surface area contributed by atoms with Gasteiger partial charge in [-0.1, -0.05) is 50.2 Å². The first-order chi connectivity index (χ1) is 9.71. The lowest BCUT2D eigenvalue weighted by molar-refractivity contribution is 0.466. The Balaban J connectivity index is 2.88. The molecule has 0 amide bonds. The van der Waals surface area contributed by atoms with E-state index in [2.05, 4.69) is 27.7 Å². The van der Waals surface area contributed by atoms with Gasteiger partial charge in [-0.25, -0.2) is 0 Å². The zero-order valence-corrected chi connectivity index (χ0v) is 14.5. The highest BCUT2D eigenvalue weighted by molar-refractivity contribution is 8.20. The molecule has 2 rings (SSSR count). The highest BCUT2D eigenvalue weighted by Crippen LogP contribution is 2.53. The van der Waals surface area contributed by atoms with E-state index in [1.807, 2.05) is 66.9 Å². The molecule has 2 aromatic rings. The van der Waals surface area contributed by atoms with Crippen LogP contribution < -0.4 is 0 Å². The van der Waals surface area contributed by atoms with E-state index in [1.165, 1.54) is 0 Å². The van der Waals surface area contributed by atoms with Crippen LogP contribution in [-0.2, 0) is 9.07 Å². The van der Waals surface area contributed by atoms with E-state index < -0.39 is 9.07 Å². The van der Waals surface area contributed by atoms with Crippen LogP contribution in [0.5, 0.6) is 0 Å². The minimum atomic E-state index is -3.23. The minimum Gasteiger partial charge on any atom is -0.273 e. The Morgan fingerprint density at radius 2 is 1.14 bits per heavy atom. The van der Waals surface area contributed by atoms with Crippen LogP contribution in [0.1, 0.15) is 27.7 Å². The number of benzene rings is 2. The Bertz CT molecular complexity index is 626. The molecule has 0 aliphatic carbocycles. The van der Waals surface area contributed by atoms with Crippen molar-refractivity contribution in [3.8, 4) is 0 Å². The highest BCUT2D eigenvalue weighted by atomic mass is 32.3. The molecule has 0 saturated carbocycles. The van der Waals surface area contributed by atoms with Gasteiger partial charge >= 0.3 is 0 Å². The predicted octanol–water partition coefficient (Wildman–Crippen LogP) is 4.99. The quantitative estimate of drug-likeness (QED) is 0.777. The molecule has 0 N–H and O–H groups in total. The topological polar surface area (TPSA) is 17.1 Å². The molecular weight excluding hydrogens is 276 g/mol. The predicted molar refractivity (Wildman–Crippen MR) is 92.4 cm³/mol. The van der Waals surface area contributed by atoms with Crippen molar-refractivity contribution in [1.82, 2.24) is 0 Å². The zero-order chi connectivity index (χ0) is 15.8. The Hall–Kier alpha value is -1.41. The summed E-state index contributed by atoms with van der Waals surface area (Å²) in [5.74, 6) is 0.294. The molecule has 0 atom stereocenters. The maximum absolute atomic E-state index is 14.7. The summed E-state index contributed by atoms with van der Waals surface area (Å²) in [5, 5.41) is 0. The molecule has 0 bridgehead atoms. The van der Waals surface area contributed by atoms with E-state index in [9.17, 15) is 4.21 Å². The van der Waals surface area contributed by atoms with Gasteiger partial charge in [0, 0.05) is 20.8 Å². The number of rotatable bonds is 4. The molecule has 0 aromatic heterocycles. The van der Waals surface area contributed by atoms with Gasteiger partial charge in [-0.3, -0.25) is 4.21 Å². The largest absolute Gasteiger partial charge is 0.273 e. The van der Waals surface area contributed by atoms with E-state index in [-0.39, 0.29) is 4.75 Å². The molecule has 2 aromatic carbocycles. The summed E-state index contributed by atoms with van der Waals surface area (Å²) in [6.45, 7) is 8.57. The fraction of sp³-hybridized carbons (Fsp3) is 0.368. The SMILES string of the molecule is CC(C)C(C)(C)S(C)(=O)(c1ccccc1)c1ccccc1. The highest BCUT2D eigenvalue weighted by Gasteiger charge is 2.51. The van der Waals surface area contributed by atoms with E-state index >= 15 is 0 Å². The first-order valence-electron chi connectivity index (χ1n) is 7.45. The van der Waals surface area contributed by atoms with Crippen LogP contribution in [0.4, 0.5) is 0 Å². The fourth-order valence-corrected chi connectivity index (χ4v) is 7.06. The lowest BCUT2D eigenvalue weighted by atomic mass is 9.99. The van der Waals surface area contributed by atoms with Crippen molar-refractivity contribution in [3.05, 3.63) is 60.7 Å². The van der Waals surface area contributed by atoms with Crippen LogP contribution in [0.3, 0.4) is 0 Å².